The average molecular weight is 307 g/mol. The second-order valence-electron chi connectivity index (χ2n) is 5.09. The zero-order chi connectivity index (χ0) is 15.4. The van der Waals surface area contributed by atoms with Crippen molar-refractivity contribution in [1.29, 1.82) is 0 Å². The summed E-state index contributed by atoms with van der Waals surface area (Å²) < 4.78 is 0. The maximum atomic E-state index is 11.6. The highest BCUT2D eigenvalue weighted by molar-refractivity contribution is 7.16. The molecule has 2 aromatic rings. The fourth-order valence-corrected chi connectivity index (χ4v) is 3.05. The van der Waals surface area contributed by atoms with E-state index in [1.165, 1.54) is 0 Å². The van der Waals surface area contributed by atoms with Crippen molar-refractivity contribution in [2.45, 2.75) is 13.5 Å². The van der Waals surface area contributed by atoms with Gasteiger partial charge < -0.3 is 10.6 Å². The van der Waals surface area contributed by atoms with Gasteiger partial charge in [-0.05, 0) is 18.5 Å². The molecule has 1 amide bonds. The van der Waals surface area contributed by atoms with Gasteiger partial charge in [0.2, 0.25) is 5.91 Å². The molecule has 1 unspecified atom stereocenters. The maximum Gasteiger partial charge on any atom is 0.223 e. The second kappa shape index (κ2) is 6.82. The highest BCUT2D eigenvalue weighted by Gasteiger charge is 2.15. The lowest BCUT2D eigenvalue weighted by molar-refractivity contribution is -0.124. The predicted molar refractivity (Wildman–Crippen MR) is 86.5 cm³/mol. The van der Waals surface area contributed by atoms with Gasteiger partial charge in [-0.2, -0.15) is 0 Å². The van der Waals surface area contributed by atoms with Gasteiger partial charge in [-0.1, -0.05) is 6.92 Å². The molecule has 0 aliphatic heterocycles. The van der Waals surface area contributed by atoms with Gasteiger partial charge >= 0.3 is 0 Å². The molecule has 0 saturated carbocycles. The van der Waals surface area contributed by atoms with E-state index in [0.29, 0.717) is 13.1 Å². The Labute approximate surface area is 128 Å². The van der Waals surface area contributed by atoms with Gasteiger partial charge in [0.05, 0.1) is 11.9 Å². The van der Waals surface area contributed by atoms with Gasteiger partial charge in [-0.3, -0.25) is 9.69 Å². The number of thiophene rings is 1. The number of carbonyl (C=O) groups is 1. The zero-order valence-corrected chi connectivity index (χ0v) is 13.6. The Morgan fingerprint density at radius 2 is 2.19 bits per heavy atom. The largest absolute Gasteiger partial charge is 0.372 e. The number of hydrogen-bond acceptors (Lipinski definition) is 6. The minimum atomic E-state index is -0.0609. The molecule has 0 saturated heterocycles. The number of fused-ring (bicyclic) bond motifs is 1. The first kappa shape index (κ1) is 15.7. The maximum absolute atomic E-state index is 11.6. The normalized spacial score (nSPS) is 12.6. The Bertz CT molecular complexity index is 627. The lowest BCUT2D eigenvalue weighted by Gasteiger charge is -2.19. The third-order valence-electron chi connectivity index (χ3n) is 3.30. The summed E-state index contributed by atoms with van der Waals surface area (Å²) in [5.41, 5.74) is 0. The van der Waals surface area contributed by atoms with E-state index in [-0.39, 0.29) is 11.8 Å². The first-order valence-corrected chi connectivity index (χ1v) is 7.75. The van der Waals surface area contributed by atoms with Gasteiger partial charge in [0.15, 0.2) is 0 Å². The highest BCUT2D eigenvalue weighted by Crippen LogP contribution is 2.24. The molecule has 2 N–H and O–H groups in total. The van der Waals surface area contributed by atoms with E-state index in [2.05, 4.69) is 25.5 Å². The summed E-state index contributed by atoms with van der Waals surface area (Å²) in [6, 6.07) is 2.02. The van der Waals surface area contributed by atoms with E-state index >= 15 is 0 Å². The van der Waals surface area contributed by atoms with E-state index in [0.717, 1.165) is 21.9 Å². The molecule has 0 fully saturated rings. The second-order valence-corrected chi connectivity index (χ2v) is 5.98. The SMILES string of the molecule is CNC(=O)C(C)CN(C)Cc1nc(NC)c2ccsc2n1. The summed E-state index contributed by atoms with van der Waals surface area (Å²) in [5.74, 6) is 1.60. The van der Waals surface area contributed by atoms with Crippen LogP contribution in [0.4, 0.5) is 5.82 Å². The smallest absolute Gasteiger partial charge is 0.223 e. The molecule has 0 aliphatic carbocycles. The monoisotopic (exact) mass is 307 g/mol. The molecule has 2 rings (SSSR count). The molecule has 2 heterocycles. The fourth-order valence-electron chi connectivity index (χ4n) is 2.26. The van der Waals surface area contributed by atoms with Crippen LogP contribution in [0.15, 0.2) is 11.4 Å². The first-order valence-electron chi connectivity index (χ1n) is 6.87. The molecule has 1 atom stereocenters. The molecule has 2 aromatic heterocycles. The van der Waals surface area contributed by atoms with Crippen LogP contribution in [-0.2, 0) is 11.3 Å². The molecule has 0 radical (unpaired) electrons. The number of nitrogens with zero attached hydrogens (tertiary/aromatic N) is 3. The molecule has 0 aliphatic rings. The summed E-state index contributed by atoms with van der Waals surface area (Å²) in [6.07, 6.45) is 0. The minimum Gasteiger partial charge on any atom is -0.372 e. The van der Waals surface area contributed by atoms with Gasteiger partial charge in [-0.15, -0.1) is 11.3 Å². The quantitative estimate of drug-likeness (QED) is 0.847. The third-order valence-corrected chi connectivity index (χ3v) is 4.11. The molecule has 0 bridgehead atoms. The standard InChI is InChI=1S/C14H21N5OS/c1-9(13(20)16-3)7-19(4)8-11-17-12(15-2)10-5-6-21-14(10)18-11/h5-6,9H,7-8H2,1-4H3,(H,16,20)(H,15,17,18). The summed E-state index contributed by atoms with van der Waals surface area (Å²) >= 11 is 1.61. The summed E-state index contributed by atoms with van der Waals surface area (Å²) in [4.78, 5) is 23.7. The van der Waals surface area contributed by atoms with Crippen LogP contribution in [0.1, 0.15) is 12.7 Å². The third kappa shape index (κ3) is 3.68. The van der Waals surface area contributed by atoms with E-state index in [1.807, 2.05) is 32.5 Å². The van der Waals surface area contributed by atoms with Crippen molar-refractivity contribution in [3.63, 3.8) is 0 Å². The lowest BCUT2D eigenvalue weighted by Crippen LogP contribution is -2.34. The Morgan fingerprint density at radius 1 is 1.43 bits per heavy atom. The average Bonchev–Trinajstić information content (AvgIpc) is 2.93. The molecule has 21 heavy (non-hydrogen) atoms. The molecule has 0 spiro atoms. The van der Waals surface area contributed by atoms with Crippen molar-refractivity contribution < 1.29 is 4.79 Å². The summed E-state index contributed by atoms with van der Waals surface area (Å²) in [5, 5.41) is 8.84. The van der Waals surface area contributed by atoms with Gasteiger partial charge in [0, 0.05) is 26.6 Å². The van der Waals surface area contributed by atoms with Gasteiger partial charge in [0.25, 0.3) is 0 Å². The van der Waals surface area contributed by atoms with E-state index in [4.69, 9.17) is 0 Å². The zero-order valence-electron chi connectivity index (χ0n) is 12.8. The van der Waals surface area contributed by atoms with Crippen LogP contribution >= 0.6 is 11.3 Å². The van der Waals surface area contributed by atoms with Crippen LogP contribution in [0.2, 0.25) is 0 Å². The molecule has 114 valence electrons. The van der Waals surface area contributed by atoms with Crippen molar-refractivity contribution in [3.05, 3.63) is 17.3 Å². The first-order chi connectivity index (χ1) is 10.0. The van der Waals surface area contributed by atoms with Crippen molar-refractivity contribution in [3.8, 4) is 0 Å². The Hall–Kier alpha value is -1.73. The summed E-state index contributed by atoms with van der Waals surface area (Å²) in [6.45, 7) is 3.20. The van der Waals surface area contributed by atoms with Gasteiger partial charge in [-0.25, -0.2) is 9.97 Å². The topological polar surface area (TPSA) is 70.2 Å². The van der Waals surface area contributed by atoms with Crippen LogP contribution < -0.4 is 10.6 Å². The Kier molecular flexibility index (Phi) is 5.08. The van der Waals surface area contributed by atoms with Crippen LogP contribution in [0.3, 0.4) is 0 Å². The highest BCUT2D eigenvalue weighted by atomic mass is 32.1. The molecular weight excluding hydrogens is 286 g/mol. The number of carbonyl (C=O) groups excluding carboxylic acids is 1. The fraction of sp³-hybridized carbons (Fsp3) is 0.500. The number of amides is 1. The molecular formula is C14H21N5OS. The van der Waals surface area contributed by atoms with E-state index < -0.39 is 0 Å². The number of anilines is 1. The minimum absolute atomic E-state index is 0.0485. The molecule has 7 heteroatoms. The predicted octanol–water partition coefficient (Wildman–Crippen LogP) is 1.55. The number of rotatable bonds is 6. The number of hydrogen-bond donors (Lipinski definition) is 2. The Balaban J connectivity index is 2.10. The van der Waals surface area contributed by atoms with Crippen molar-refractivity contribution in [1.82, 2.24) is 20.2 Å². The van der Waals surface area contributed by atoms with Crippen LogP contribution in [0.5, 0.6) is 0 Å². The van der Waals surface area contributed by atoms with Crippen molar-refractivity contribution >= 4 is 33.3 Å². The Morgan fingerprint density at radius 3 is 2.86 bits per heavy atom. The van der Waals surface area contributed by atoms with Crippen molar-refractivity contribution in [2.24, 2.45) is 5.92 Å². The van der Waals surface area contributed by atoms with Crippen molar-refractivity contribution in [2.75, 3.05) is 33.0 Å². The summed E-state index contributed by atoms with van der Waals surface area (Å²) in [7, 11) is 5.49. The van der Waals surface area contributed by atoms with Crippen LogP contribution in [-0.4, -0.2) is 48.5 Å². The van der Waals surface area contributed by atoms with Gasteiger partial charge in [0.1, 0.15) is 16.5 Å². The van der Waals surface area contributed by atoms with Crippen LogP contribution in [0, 0.1) is 5.92 Å². The van der Waals surface area contributed by atoms with Crippen LogP contribution in [0.25, 0.3) is 10.2 Å². The number of nitrogens with one attached hydrogen (secondary N) is 2. The van der Waals surface area contributed by atoms with E-state index in [9.17, 15) is 4.79 Å². The van der Waals surface area contributed by atoms with E-state index in [1.54, 1.807) is 18.4 Å². The lowest BCUT2D eigenvalue weighted by atomic mass is 10.1. The molecule has 6 nitrogen and oxygen atoms in total. The molecule has 0 aromatic carbocycles. The number of aromatic nitrogens is 2.